The number of unbranched alkanes of at least 4 members (excludes halogenated alkanes) is 1. The monoisotopic (exact) mass is 338 g/mol. The first-order valence-corrected chi connectivity index (χ1v) is 10.0. The molecule has 5 heteroatoms. The number of ether oxygens (including phenoxy) is 1. The Morgan fingerprint density at radius 3 is 2.62 bits per heavy atom. The average molecular weight is 339 g/mol. The van der Waals surface area contributed by atoms with Crippen LogP contribution in [0.3, 0.4) is 0 Å². The summed E-state index contributed by atoms with van der Waals surface area (Å²) in [5, 5.41) is 6.78. The lowest BCUT2D eigenvalue weighted by atomic mass is 10.0. The number of hydrogen-bond donors (Lipinski definition) is 2. The highest BCUT2D eigenvalue weighted by molar-refractivity contribution is 5.79. The van der Waals surface area contributed by atoms with Crippen LogP contribution in [0.4, 0.5) is 0 Å². The summed E-state index contributed by atoms with van der Waals surface area (Å²) in [5.74, 6) is 2.66. The van der Waals surface area contributed by atoms with Crippen LogP contribution in [-0.2, 0) is 4.74 Å². The lowest BCUT2D eigenvalue weighted by Crippen LogP contribution is -2.39. The molecule has 0 aromatic rings. The molecule has 0 amide bonds. The molecule has 1 aliphatic carbocycles. The molecular weight excluding hydrogens is 300 g/mol. The van der Waals surface area contributed by atoms with Crippen molar-refractivity contribution in [3.8, 4) is 0 Å². The minimum Gasteiger partial charge on any atom is -0.381 e. The lowest BCUT2D eigenvalue weighted by Gasteiger charge is -2.30. The Morgan fingerprint density at radius 2 is 1.92 bits per heavy atom. The van der Waals surface area contributed by atoms with Gasteiger partial charge in [0.1, 0.15) is 0 Å². The van der Waals surface area contributed by atoms with Gasteiger partial charge in [-0.25, -0.2) is 0 Å². The Morgan fingerprint density at radius 1 is 1.12 bits per heavy atom. The zero-order chi connectivity index (χ0) is 17.0. The minimum absolute atomic E-state index is 0.856. The third-order valence-corrected chi connectivity index (χ3v) is 4.97. The number of likely N-dealkylation sites (tertiary alicyclic amines) is 1. The van der Waals surface area contributed by atoms with E-state index in [0.29, 0.717) is 0 Å². The second-order valence-electron chi connectivity index (χ2n) is 7.55. The lowest BCUT2D eigenvalue weighted by molar-refractivity contribution is 0.123. The molecular formula is C19H38N4O. The molecule has 1 saturated heterocycles. The topological polar surface area (TPSA) is 48.9 Å². The van der Waals surface area contributed by atoms with E-state index in [0.717, 1.165) is 50.5 Å². The number of nitrogens with one attached hydrogen (secondary N) is 2. The second kappa shape index (κ2) is 11.7. The van der Waals surface area contributed by atoms with Gasteiger partial charge < -0.3 is 20.3 Å². The van der Waals surface area contributed by atoms with E-state index in [1.807, 2.05) is 7.05 Å². The van der Waals surface area contributed by atoms with Crippen molar-refractivity contribution in [1.29, 1.82) is 0 Å². The van der Waals surface area contributed by atoms with Crippen LogP contribution in [0.25, 0.3) is 0 Å². The van der Waals surface area contributed by atoms with E-state index in [1.165, 1.54) is 58.2 Å². The maximum Gasteiger partial charge on any atom is 0.190 e. The molecule has 2 N–H and O–H groups in total. The van der Waals surface area contributed by atoms with Crippen molar-refractivity contribution in [2.24, 2.45) is 16.8 Å². The van der Waals surface area contributed by atoms with Gasteiger partial charge in [-0.1, -0.05) is 6.92 Å². The first-order chi connectivity index (χ1) is 11.8. The van der Waals surface area contributed by atoms with Gasteiger partial charge in [-0.3, -0.25) is 4.99 Å². The highest BCUT2D eigenvalue weighted by Crippen LogP contribution is 2.28. The highest BCUT2D eigenvalue weighted by atomic mass is 16.5. The summed E-state index contributed by atoms with van der Waals surface area (Å²) in [5.41, 5.74) is 0. The van der Waals surface area contributed by atoms with E-state index >= 15 is 0 Å². The van der Waals surface area contributed by atoms with E-state index in [-0.39, 0.29) is 0 Å². The van der Waals surface area contributed by atoms with Gasteiger partial charge in [-0.05, 0) is 69.9 Å². The van der Waals surface area contributed by atoms with Gasteiger partial charge in [-0.2, -0.15) is 0 Å². The van der Waals surface area contributed by atoms with Crippen LogP contribution in [0.1, 0.15) is 51.9 Å². The van der Waals surface area contributed by atoms with E-state index in [4.69, 9.17) is 4.74 Å². The third-order valence-electron chi connectivity index (χ3n) is 4.97. The van der Waals surface area contributed by atoms with Gasteiger partial charge in [0.05, 0.1) is 0 Å². The molecule has 1 aliphatic heterocycles. The summed E-state index contributed by atoms with van der Waals surface area (Å²) in [6.45, 7) is 9.95. The van der Waals surface area contributed by atoms with Crippen molar-refractivity contribution in [1.82, 2.24) is 15.5 Å². The summed E-state index contributed by atoms with van der Waals surface area (Å²) in [7, 11) is 1.84. The Balaban J connectivity index is 1.40. The van der Waals surface area contributed by atoms with Crippen LogP contribution in [0.15, 0.2) is 4.99 Å². The predicted molar refractivity (Wildman–Crippen MR) is 102 cm³/mol. The van der Waals surface area contributed by atoms with Crippen LogP contribution in [0, 0.1) is 11.8 Å². The largest absolute Gasteiger partial charge is 0.381 e. The van der Waals surface area contributed by atoms with Gasteiger partial charge in [-0.15, -0.1) is 0 Å². The molecule has 1 heterocycles. The van der Waals surface area contributed by atoms with Gasteiger partial charge in [0, 0.05) is 39.9 Å². The van der Waals surface area contributed by atoms with Gasteiger partial charge >= 0.3 is 0 Å². The molecule has 1 atom stereocenters. The average Bonchev–Trinajstić information content (AvgIpc) is 3.40. The molecule has 140 valence electrons. The summed E-state index contributed by atoms with van der Waals surface area (Å²) in [4.78, 5) is 6.91. The predicted octanol–water partition coefficient (Wildman–Crippen LogP) is 2.48. The summed E-state index contributed by atoms with van der Waals surface area (Å²) >= 11 is 0. The first kappa shape index (κ1) is 19.5. The molecule has 0 radical (unpaired) electrons. The third kappa shape index (κ3) is 8.88. The quantitative estimate of drug-likeness (QED) is 0.345. The van der Waals surface area contributed by atoms with Crippen molar-refractivity contribution >= 4 is 5.96 Å². The molecule has 2 fully saturated rings. The Kier molecular flexibility index (Phi) is 9.51. The maximum atomic E-state index is 5.65. The fraction of sp³-hybridized carbons (Fsp3) is 0.947. The SMILES string of the molecule is CN=C(NCCCCN1CCCC(C)C1)NCCCOCC1CC1. The van der Waals surface area contributed by atoms with Gasteiger partial charge in [0.15, 0.2) is 5.96 Å². The number of aliphatic imine (C=N–C) groups is 1. The standard InChI is InChI=1S/C19H38N4O/c1-17-7-5-13-23(15-17)12-4-3-10-21-19(20-2)22-11-6-14-24-16-18-8-9-18/h17-18H,3-16H2,1-2H3,(H2,20,21,22). The smallest absolute Gasteiger partial charge is 0.190 e. The van der Waals surface area contributed by atoms with Crippen molar-refractivity contribution in [2.75, 3.05) is 53.0 Å². The molecule has 1 unspecified atom stereocenters. The Bertz CT molecular complexity index is 357. The molecule has 1 saturated carbocycles. The fourth-order valence-electron chi connectivity index (χ4n) is 3.29. The van der Waals surface area contributed by atoms with E-state index in [2.05, 4.69) is 27.4 Å². The number of guanidine groups is 1. The van der Waals surface area contributed by atoms with Crippen molar-refractivity contribution < 1.29 is 4.74 Å². The van der Waals surface area contributed by atoms with Crippen LogP contribution in [0.2, 0.25) is 0 Å². The number of rotatable bonds is 11. The zero-order valence-corrected chi connectivity index (χ0v) is 15.9. The molecule has 2 rings (SSSR count). The van der Waals surface area contributed by atoms with Crippen LogP contribution < -0.4 is 10.6 Å². The highest BCUT2D eigenvalue weighted by Gasteiger charge is 2.20. The normalized spacial score (nSPS) is 22.6. The van der Waals surface area contributed by atoms with Crippen molar-refractivity contribution in [2.45, 2.75) is 51.9 Å². The Labute approximate surface area is 148 Å². The summed E-state index contributed by atoms with van der Waals surface area (Å²) in [6, 6.07) is 0. The van der Waals surface area contributed by atoms with Crippen LogP contribution >= 0.6 is 0 Å². The molecule has 0 bridgehead atoms. The number of hydrogen-bond acceptors (Lipinski definition) is 3. The molecule has 0 spiro atoms. The van der Waals surface area contributed by atoms with Crippen molar-refractivity contribution in [3.05, 3.63) is 0 Å². The fourth-order valence-corrected chi connectivity index (χ4v) is 3.29. The van der Waals surface area contributed by atoms with Crippen molar-refractivity contribution in [3.63, 3.8) is 0 Å². The van der Waals surface area contributed by atoms with Gasteiger partial charge in [0.25, 0.3) is 0 Å². The number of piperidine rings is 1. The second-order valence-corrected chi connectivity index (χ2v) is 7.55. The van der Waals surface area contributed by atoms with Gasteiger partial charge in [0.2, 0.25) is 0 Å². The van der Waals surface area contributed by atoms with E-state index < -0.39 is 0 Å². The Hall–Kier alpha value is -0.810. The maximum absolute atomic E-state index is 5.65. The summed E-state index contributed by atoms with van der Waals surface area (Å²) in [6.07, 6.45) is 9.03. The molecule has 0 aromatic carbocycles. The first-order valence-electron chi connectivity index (χ1n) is 10.0. The van der Waals surface area contributed by atoms with Crippen LogP contribution in [-0.4, -0.2) is 63.8 Å². The molecule has 24 heavy (non-hydrogen) atoms. The molecule has 5 nitrogen and oxygen atoms in total. The molecule has 2 aliphatic rings. The number of nitrogens with zero attached hydrogens (tertiary/aromatic N) is 2. The van der Waals surface area contributed by atoms with Crippen LogP contribution in [0.5, 0.6) is 0 Å². The zero-order valence-electron chi connectivity index (χ0n) is 15.9. The minimum atomic E-state index is 0.856. The van der Waals surface area contributed by atoms with E-state index in [9.17, 15) is 0 Å². The summed E-state index contributed by atoms with van der Waals surface area (Å²) < 4.78 is 5.65. The molecule has 0 aromatic heterocycles. The van der Waals surface area contributed by atoms with E-state index in [1.54, 1.807) is 0 Å².